The molecule has 0 amide bonds. The van der Waals surface area contributed by atoms with Gasteiger partial charge in [0.2, 0.25) is 0 Å². The van der Waals surface area contributed by atoms with E-state index < -0.39 is 54.3 Å². The largest absolute Gasteiger partial charge is 0.455 e. The summed E-state index contributed by atoms with van der Waals surface area (Å²) in [6, 6.07) is 0. The van der Waals surface area contributed by atoms with Gasteiger partial charge in [0.05, 0.1) is 5.60 Å². The lowest BCUT2D eigenvalue weighted by Crippen LogP contribution is -2.35. The number of ether oxygens (including phenoxy) is 4. The Kier molecular flexibility index (Phi) is 9.64. The first-order valence-electron chi connectivity index (χ1n) is 8.93. The summed E-state index contributed by atoms with van der Waals surface area (Å²) in [5.74, 6) is -2.70. The average Bonchev–Trinajstić information content (AvgIpc) is 2.55. The van der Waals surface area contributed by atoms with Gasteiger partial charge in [0.15, 0.2) is 31.2 Å². The van der Waals surface area contributed by atoms with Crippen LogP contribution in [0, 0.1) is 5.41 Å². The number of Topliss-reactive ketones (excluding diaryl/α,β-unsaturated/α-hetero) is 1. The van der Waals surface area contributed by atoms with Crippen molar-refractivity contribution in [3.8, 4) is 0 Å². The number of rotatable bonds is 10. The SMILES string of the molecule is CCC(C)(C)C(=O)COC(=O)C(C)OC(=O)COC(=O)C(C)OC(C)(C)C. The van der Waals surface area contributed by atoms with Crippen LogP contribution in [-0.4, -0.2) is 54.7 Å². The Hall–Kier alpha value is -1.96. The first kappa shape index (κ1) is 25.0. The van der Waals surface area contributed by atoms with Crippen LogP contribution >= 0.6 is 0 Å². The van der Waals surface area contributed by atoms with Gasteiger partial charge in [-0.3, -0.25) is 4.79 Å². The second-order valence-electron chi connectivity index (χ2n) is 7.88. The van der Waals surface area contributed by atoms with Crippen molar-refractivity contribution in [2.45, 2.75) is 79.6 Å². The van der Waals surface area contributed by atoms with Crippen LogP contribution in [0.3, 0.4) is 0 Å². The van der Waals surface area contributed by atoms with Crippen molar-refractivity contribution >= 4 is 23.7 Å². The van der Waals surface area contributed by atoms with E-state index in [4.69, 9.17) is 18.9 Å². The zero-order valence-corrected chi connectivity index (χ0v) is 17.5. The van der Waals surface area contributed by atoms with Crippen molar-refractivity contribution in [3.05, 3.63) is 0 Å². The van der Waals surface area contributed by atoms with Crippen LogP contribution in [0.1, 0.15) is 61.8 Å². The number of hydrogen-bond acceptors (Lipinski definition) is 8. The molecule has 2 atom stereocenters. The molecule has 0 aliphatic heterocycles. The Morgan fingerprint density at radius 1 is 0.815 bits per heavy atom. The summed E-state index contributed by atoms with van der Waals surface area (Å²) >= 11 is 0. The topological polar surface area (TPSA) is 105 Å². The van der Waals surface area contributed by atoms with Crippen LogP contribution in [0.25, 0.3) is 0 Å². The molecule has 156 valence electrons. The fourth-order valence-corrected chi connectivity index (χ4v) is 1.75. The molecule has 0 spiro atoms. The summed E-state index contributed by atoms with van der Waals surface area (Å²) in [4.78, 5) is 47.2. The van der Waals surface area contributed by atoms with Gasteiger partial charge in [0, 0.05) is 5.41 Å². The summed E-state index contributed by atoms with van der Waals surface area (Å²) in [6.07, 6.45) is -1.47. The van der Waals surface area contributed by atoms with E-state index in [1.807, 2.05) is 6.92 Å². The first-order valence-corrected chi connectivity index (χ1v) is 8.93. The second kappa shape index (κ2) is 10.4. The van der Waals surface area contributed by atoms with E-state index >= 15 is 0 Å². The Morgan fingerprint density at radius 2 is 1.30 bits per heavy atom. The van der Waals surface area contributed by atoms with Crippen molar-refractivity contribution in [1.29, 1.82) is 0 Å². The molecule has 0 aliphatic carbocycles. The number of esters is 3. The maximum absolute atomic E-state index is 11.9. The highest BCUT2D eigenvalue weighted by Gasteiger charge is 2.28. The van der Waals surface area contributed by atoms with E-state index in [0.29, 0.717) is 6.42 Å². The van der Waals surface area contributed by atoms with E-state index in [0.717, 1.165) is 0 Å². The Balaban J connectivity index is 4.32. The zero-order chi connectivity index (χ0) is 21.4. The lowest BCUT2D eigenvalue weighted by atomic mass is 9.86. The van der Waals surface area contributed by atoms with E-state index in [9.17, 15) is 19.2 Å². The molecule has 0 saturated heterocycles. The molecule has 2 unspecified atom stereocenters. The maximum atomic E-state index is 11.9. The minimum absolute atomic E-state index is 0.223. The Labute approximate surface area is 160 Å². The summed E-state index contributed by atoms with van der Waals surface area (Å²) in [5.41, 5.74) is -1.14. The lowest BCUT2D eigenvalue weighted by molar-refractivity contribution is -0.177. The molecule has 0 radical (unpaired) electrons. The van der Waals surface area contributed by atoms with Crippen LogP contribution in [-0.2, 0) is 38.1 Å². The van der Waals surface area contributed by atoms with Crippen LogP contribution in [0.4, 0.5) is 0 Å². The molecule has 0 fully saturated rings. The predicted octanol–water partition coefficient (Wildman–Crippen LogP) is 2.21. The molecule has 0 aliphatic rings. The molecule has 8 nitrogen and oxygen atoms in total. The van der Waals surface area contributed by atoms with Crippen molar-refractivity contribution in [1.82, 2.24) is 0 Å². The second-order valence-corrected chi connectivity index (χ2v) is 7.88. The van der Waals surface area contributed by atoms with Crippen LogP contribution in [0.5, 0.6) is 0 Å². The summed E-state index contributed by atoms with van der Waals surface area (Å²) in [7, 11) is 0. The fourth-order valence-electron chi connectivity index (χ4n) is 1.75. The molecule has 0 saturated carbocycles. The van der Waals surface area contributed by atoms with Gasteiger partial charge in [0.1, 0.15) is 0 Å². The predicted molar refractivity (Wildman–Crippen MR) is 96.9 cm³/mol. The van der Waals surface area contributed by atoms with Crippen LogP contribution in [0.2, 0.25) is 0 Å². The molecule has 0 bridgehead atoms. The van der Waals surface area contributed by atoms with E-state index in [2.05, 4.69) is 0 Å². The third-order valence-corrected chi connectivity index (χ3v) is 3.82. The molecule has 27 heavy (non-hydrogen) atoms. The third kappa shape index (κ3) is 10.1. The van der Waals surface area contributed by atoms with Gasteiger partial charge < -0.3 is 18.9 Å². The minimum Gasteiger partial charge on any atom is -0.455 e. The van der Waals surface area contributed by atoms with Crippen LogP contribution < -0.4 is 0 Å². The average molecular weight is 388 g/mol. The molecule has 0 heterocycles. The molecular weight excluding hydrogens is 356 g/mol. The van der Waals surface area contributed by atoms with Gasteiger partial charge in [-0.2, -0.15) is 0 Å². The van der Waals surface area contributed by atoms with Crippen molar-refractivity contribution < 1.29 is 38.1 Å². The van der Waals surface area contributed by atoms with E-state index in [-0.39, 0.29) is 5.78 Å². The number of carbonyl (C=O) groups is 4. The molecule has 8 heteroatoms. The van der Waals surface area contributed by atoms with Crippen molar-refractivity contribution in [2.75, 3.05) is 13.2 Å². The van der Waals surface area contributed by atoms with Crippen molar-refractivity contribution in [3.63, 3.8) is 0 Å². The summed E-state index contributed by atoms with van der Waals surface area (Å²) < 4.78 is 19.9. The highest BCUT2D eigenvalue weighted by molar-refractivity contribution is 5.88. The monoisotopic (exact) mass is 388 g/mol. The maximum Gasteiger partial charge on any atom is 0.347 e. The minimum atomic E-state index is -1.23. The van der Waals surface area contributed by atoms with Crippen LogP contribution in [0.15, 0.2) is 0 Å². The zero-order valence-electron chi connectivity index (χ0n) is 17.5. The Morgan fingerprint density at radius 3 is 1.78 bits per heavy atom. The van der Waals surface area contributed by atoms with Gasteiger partial charge >= 0.3 is 17.9 Å². The Bertz CT molecular complexity index is 544. The number of carbonyl (C=O) groups excluding carboxylic acids is 4. The fraction of sp³-hybridized carbons (Fsp3) is 0.789. The highest BCUT2D eigenvalue weighted by atomic mass is 16.6. The van der Waals surface area contributed by atoms with E-state index in [1.165, 1.54) is 13.8 Å². The van der Waals surface area contributed by atoms with Gasteiger partial charge in [-0.05, 0) is 41.0 Å². The summed E-state index contributed by atoms with van der Waals surface area (Å²) in [5, 5.41) is 0. The quantitative estimate of drug-likeness (QED) is 0.414. The van der Waals surface area contributed by atoms with Gasteiger partial charge in [-0.25, -0.2) is 14.4 Å². The molecule has 0 N–H and O–H groups in total. The first-order chi connectivity index (χ1) is 12.2. The normalized spacial score (nSPS) is 14.1. The highest BCUT2D eigenvalue weighted by Crippen LogP contribution is 2.21. The standard InChI is InChI=1S/C19H32O8/c1-9-19(7,8)14(20)10-24-16(22)12(2)26-15(21)11-25-17(23)13(3)27-18(4,5)6/h12-13H,9-11H2,1-8H3. The smallest absolute Gasteiger partial charge is 0.347 e. The molecule has 0 aromatic heterocycles. The molecule has 0 aromatic carbocycles. The van der Waals surface area contributed by atoms with E-state index in [1.54, 1.807) is 34.6 Å². The van der Waals surface area contributed by atoms with Crippen molar-refractivity contribution in [2.24, 2.45) is 5.41 Å². The third-order valence-electron chi connectivity index (χ3n) is 3.82. The number of hydrogen-bond donors (Lipinski definition) is 0. The molecule has 0 rings (SSSR count). The molecular formula is C19H32O8. The molecule has 0 aromatic rings. The summed E-state index contributed by atoms with van der Waals surface area (Å²) in [6.45, 7) is 12.5. The number of ketones is 1. The van der Waals surface area contributed by atoms with Gasteiger partial charge in [-0.15, -0.1) is 0 Å². The lowest BCUT2D eigenvalue weighted by Gasteiger charge is -2.23. The van der Waals surface area contributed by atoms with Gasteiger partial charge in [-0.1, -0.05) is 20.8 Å². The van der Waals surface area contributed by atoms with Gasteiger partial charge in [0.25, 0.3) is 0 Å².